The monoisotopic (exact) mass is 434 g/mol. The van der Waals surface area contributed by atoms with Crippen LogP contribution in [0, 0.1) is 0 Å². The zero-order chi connectivity index (χ0) is 20.6. The van der Waals surface area contributed by atoms with Crippen LogP contribution < -0.4 is 5.63 Å². The Morgan fingerprint density at radius 3 is 2.41 bits per heavy atom. The van der Waals surface area contributed by atoms with Gasteiger partial charge in [-0.25, -0.2) is 13.2 Å². The van der Waals surface area contributed by atoms with Gasteiger partial charge in [0.2, 0.25) is 10.0 Å². The number of piperazine rings is 1. The lowest BCUT2D eigenvalue weighted by molar-refractivity contribution is 0.182. The fourth-order valence-corrected chi connectivity index (χ4v) is 5.08. The highest BCUT2D eigenvalue weighted by Crippen LogP contribution is 2.30. The third-order valence-electron chi connectivity index (χ3n) is 5.00. The van der Waals surface area contributed by atoms with Gasteiger partial charge in [0.05, 0.1) is 9.92 Å². The number of aromatic hydroxyl groups is 1. The van der Waals surface area contributed by atoms with Crippen LogP contribution in [-0.2, 0) is 16.6 Å². The first kappa shape index (κ1) is 19.9. The number of fused-ring (bicyclic) bond motifs is 1. The summed E-state index contributed by atoms with van der Waals surface area (Å²) in [6, 6.07) is 12.7. The van der Waals surface area contributed by atoms with E-state index >= 15 is 0 Å². The Bertz CT molecular complexity index is 1200. The highest BCUT2D eigenvalue weighted by Gasteiger charge is 2.28. The van der Waals surface area contributed by atoms with Crippen LogP contribution in [0.1, 0.15) is 5.56 Å². The standard InChI is InChI=1S/C20H19ClN2O5S/c21-17-11-16-14(10-20(25)28-19(16)12-18(17)24)13-22-6-8-23(9-7-22)29(26,27)15-4-2-1-3-5-15/h1-5,10-12,24H,6-9,13H2. The number of benzene rings is 2. The average Bonchev–Trinajstić information content (AvgIpc) is 2.70. The lowest BCUT2D eigenvalue weighted by atomic mass is 10.1. The summed E-state index contributed by atoms with van der Waals surface area (Å²) in [5.41, 5.74) is 0.469. The van der Waals surface area contributed by atoms with Crippen LogP contribution in [0.5, 0.6) is 5.75 Å². The number of hydrogen-bond donors (Lipinski definition) is 1. The minimum atomic E-state index is -3.51. The van der Waals surface area contributed by atoms with Crippen LogP contribution in [-0.4, -0.2) is 48.9 Å². The van der Waals surface area contributed by atoms with Gasteiger partial charge in [0, 0.05) is 50.2 Å². The maximum Gasteiger partial charge on any atom is 0.336 e. The predicted molar refractivity (Wildman–Crippen MR) is 110 cm³/mol. The third-order valence-corrected chi connectivity index (χ3v) is 7.22. The molecule has 1 aliphatic heterocycles. The molecule has 9 heteroatoms. The van der Waals surface area contributed by atoms with E-state index in [0.29, 0.717) is 38.1 Å². The largest absolute Gasteiger partial charge is 0.506 e. The van der Waals surface area contributed by atoms with E-state index < -0.39 is 15.6 Å². The van der Waals surface area contributed by atoms with Gasteiger partial charge in [-0.1, -0.05) is 29.8 Å². The van der Waals surface area contributed by atoms with Crippen LogP contribution in [0.25, 0.3) is 11.0 Å². The van der Waals surface area contributed by atoms with E-state index in [1.807, 2.05) is 0 Å². The first-order chi connectivity index (χ1) is 13.8. The number of nitrogens with zero attached hydrogens (tertiary/aromatic N) is 2. The molecule has 2 heterocycles. The van der Waals surface area contributed by atoms with Gasteiger partial charge >= 0.3 is 5.63 Å². The van der Waals surface area contributed by atoms with E-state index in [4.69, 9.17) is 16.0 Å². The molecule has 0 unspecified atom stereocenters. The van der Waals surface area contributed by atoms with Crippen molar-refractivity contribution in [2.24, 2.45) is 0 Å². The van der Waals surface area contributed by atoms with Gasteiger partial charge in [0.25, 0.3) is 0 Å². The maximum atomic E-state index is 12.8. The highest BCUT2D eigenvalue weighted by atomic mass is 35.5. The van der Waals surface area contributed by atoms with Crippen molar-refractivity contribution in [2.45, 2.75) is 11.4 Å². The molecule has 7 nitrogen and oxygen atoms in total. The molecular weight excluding hydrogens is 416 g/mol. The molecule has 1 N–H and O–H groups in total. The van der Waals surface area contributed by atoms with Crippen molar-refractivity contribution in [3.63, 3.8) is 0 Å². The van der Waals surface area contributed by atoms with E-state index in [1.54, 1.807) is 36.4 Å². The minimum Gasteiger partial charge on any atom is -0.506 e. The molecule has 0 bridgehead atoms. The summed E-state index contributed by atoms with van der Waals surface area (Å²) in [5, 5.41) is 10.6. The Hall–Kier alpha value is -2.39. The molecule has 0 saturated carbocycles. The molecule has 1 aliphatic rings. The zero-order valence-corrected chi connectivity index (χ0v) is 17.0. The molecule has 0 radical (unpaired) electrons. The summed E-state index contributed by atoms with van der Waals surface area (Å²) in [6.45, 7) is 2.22. The zero-order valence-electron chi connectivity index (χ0n) is 15.4. The Kier molecular flexibility index (Phi) is 5.35. The van der Waals surface area contributed by atoms with E-state index in [-0.39, 0.29) is 21.3 Å². The van der Waals surface area contributed by atoms with Gasteiger partial charge in [-0.3, -0.25) is 4.90 Å². The first-order valence-electron chi connectivity index (χ1n) is 9.07. The molecular formula is C20H19ClN2O5S. The van der Waals surface area contributed by atoms with E-state index in [1.165, 1.54) is 16.4 Å². The van der Waals surface area contributed by atoms with Crippen LogP contribution >= 0.6 is 11.6 Å². The third kappa shape index (κ3) is 4.02. The van der Waals surface area contributed by atoms with E-state index in [9.17, 15) is 18.3 Å². The molecule has 1 fully saturated rings. The molecule has 3 aromatic rings. The van der Waals surface area contributed by atoms with Gasteiger partial charge in [0.15, 0.2) is 0 Å². The van der Waals surface area contributed by atoms with Crippen molar-refractivity contribution in [3.05, 3.63) is 69.5 Å². The summed E-state index contributed by atoms with van der Waals surface area (Å²) >= 11 is 6.01. The molecule has 152 valence electrons. The molecule has 29 heavy (non-hydrogen) atoms. The predicted octanol–water partition coefficient (Wildman–Crippen LogP) is 2.66. The minimum absolute atomic E-state index is 0.154. The van der Waals surface area contributed by atoms with Gasteiger partial charge in [0.1, 0.15) is 11.3 Å². The van der Waals surface area contributed by atoms with Crippen LogP contribution in [0.2, 0.25) is 5.02 Å². The van der Waals surface area contributed by atoms with Crippen molar-refractivity contribution in [1.82, 2.24) is 9.21 Å². The topological polar surface area (TPSA) is 91.1 Å². The number of sulfonamides is 1. The van der Waals surface area contributed by atoms with Crippen molar-refractivity contribution in [1.29, 1.82) is 0 Å². The molecule has 1 saturated heterocycles. The van der Waals surface area contributed by atoms with Gasteiger partial charge < -0.3 is 9.52 Å². The molecule has 0 amide bonds. The molecule has 0 atom stereocenters. The molecule has 1 aromatic heterocycles. The molecule has 0 spiro atoms. The number of rotatable bonds is 4. The summed E-state index contributed by atoms with van der Waals surface area (Å²) in [7, 11) is -3.51. The van der Waals surface area contributed by atoms with Crippen LogP contribution in [0.15, 0.2) is 62.6 Å². The Balaban J connectivity index is 1.52. The quantitative estimate of drug-likeness (QED) is 0.635. The summed E-state index contributed by atoms with van der Waals surface area (Å²) in [6.07, 6.45) is 0. The van der Waals surface area contributed by atoms with Crippen molar-refractivity contribution in [3.8, 4) is 5.75 Å². The fraction of sp³-hybridized carbons (Fsp3) is 0.250. The highest BCUT2D eigenvalue weighted by molar-refractivity contribution is 7.89. The SMILES string of the molecule is O=c1cc(CN2CCN(S(=O)(=O)c3ccccc3)CC2)c2cc(Cl)c(O)cc2o1. The van der Waals surface area contributed by atoms with Gasteiger partial charge in [-0.15, -0.1) is 0 Å². The summed E-state index contributed by atoms with van der Waals surface area (Å²) in [5.74, 6) is -0.154. The molecule has 4 rings (SSSR count). The summed E-state index contributed by atoms with van der Waals surface area (Å²) < 4.78 is 32.1. The fourth-order valence-electron chi connectivity index (χ4n) is 3.48. The lowest BCUT2D eigenvalue weighted by Gasteiger charge is -2.34. The smallest absolute Gasteiger partial charge is 0.336 e. The van der Waals surface area contributed by atoms with Crippen molar-refractivity contribution < 1.29 is 17.9 Å². The number of phenolic OH excluding ortho intramolecular Hbond substituents is 1. The maximum absolute atomic E-state index is 12.8. The second kappa shape index (κ2) is 7.79. The van der Waals surface area contributed by atoms with Gasteiger partial charge in [-0.2, -0.15) is 4.31 Å². The summed E-state index contributed by atoms with van der Waals surface area (Å²) in [4.78, 5) is 14.3. The Morgan fingerprint density at radius 1 is 1.03 bits per heavy atom. The van der Waals surface area contributed by atoms with Crippen LogP contribution in [0.4, 0.5) is 0 Å². The molecule has 0 aliphatic carbocycles. The van der Waals surface area contributed by atoms with Gasteiger partial charge in [-0.05, 0) is 23.8 Å². The number of hydrogen-bond acceptors (Lipinski definition) is 6. The Morgan fingerprint density at radius 2 is 1.72 bits per heavy atom. The molecule has 2 aromatic carbocycles. The van der Waals surface area contributed by atoms with Crippen molar-refractivity contribution in [2.75, 3.05) is 26.2 Å². The average molecular weight is 435 g/mol. The first-order valence-corrected chi connectivity index (χ1v) is 10.9. The van der Waals surface area contributed by atoms with E-state index in [2.05, 4.69) is 4.90 Å². The normalized spacial score (nSPS) is 16.3. The van der Waals surface area contributed by atoms with Crippen LogP contribution in [0.3, 0.4) is 0 Å². The Labute approximate surface area is 172 Å². The second-order valence-electron chi connectivity index (χ2n) is 6.88. The second-order valence-corrected chi connectivity index (χ2v) is 9.23. The van der Waals surface area contributed by atoms with E-state index in [0.717, 1.165) is 5.56 Å². The number of phenols is 1. The van der Waals surface area contributed by atoms with Crippen molar-refractivity contribution >= 4 is 32.6 Å². The number of halogens is 1. The lowest BCUT2D eigenvalue weighted by Crippen LogP contribution is -2.48.